The van der Waals surface area contributed by atoms with E-state index in [0.29, 0.717) is 18.5 Å². The average molecular weight is 376 g/mol. The molecule has 1 heterocycles. The van der Waals surface area contributed by atoms with Gasteiger partial charge in [-0.25, -0.2) is 0 Å². The Kier molecular flexibility index (Phi) is 4.07. The molecule has 0 aliphatic carbocycles. The molecular formula is C12H12Br2N2O2. The van der Waals surface area contributed by atoms with Crippen LogP contribution < -0.4 is 5.32 Å². The van der Waals surface area contributed by atoms with E-state index >= 15 is 0 Å². The molecule has 2 rings (SSSR count). The van der Waals surface area contributed by atoms with Crippen LogP contribution in [-0.4, -0.2) is 36.3 Å². The number of likely N-dealkylation sites (tertiary alicyclic amines) is 1. The standard InChI is InChI=1S/C12H12Br2N2O2/c1-16-3-2-10(12(16)18)15-11(17)7-4-8(13)6-9(14)5-7/h4-6,10H,2-3H2,1H3,(H,15,17). The van der Waals surface area contributed by atoms with Gasteiger partial charge in [0, 0.05) is 28.1 Å². The third-order valence-electron chi connectivity index (χ3n) is 2.86. The molecule has 96 valence electrons. The minimum Gasteiger partial charge on any atom is -0.344 e. The van der Waals surface area contributed by atoms with Crippen LogP contribution in [0.4, 0.5) is 0 Å². The van der Waals surface area contributed by atoms with Gasteiger partial charge >= 0.3 is 0 Å². The number of hydrogen-bond donors (Lipinski definition) is 1. The van der Waals surface area contributed by atoms with Crippen LogP contribution >= 0.6 is 31.9 Å². The summed E-state index contributed by atoms with van der Waals surface area (Å²) >= 11 is 6.66. The number of carbonyl (C=O) groups is 2. The van der Waals surface area contributed by atoms with Gasteiger partial charge in [-0.3, -0.25) is 9.59 Å². The molecule has 0 bridgehead atoms. The second kappa shape index (κ2) is 5.40. The molecule has 6 heteroatoms. The first kappa shape index (κ1) is 13.5. The van der Waals surface area contributed by atoms with E-state index in [1.165, 1.54) is 0 Å². The zero-order valence-electron chi connectivity index (χ0n) is 9.74. The normalized spacial score (nSPS) is 19.2. The van der Waals surface area contributed by atoms with Crippen molar-refractivity contribution in [1.29, 1.82) is 0 Å². The average Bonchev–Trinajstić information content (AvgIpc) is 2.59. The molecule has 0 saturated carbocycles. The van der Waals surface area contributed by atoms with Gasteiger partial charge < -0.3 is 10.2 Å². The summed E-state index contributed by atoms with van der Waals surface area (Å²) in [6, 6.07) is 4.90. The lowest BCUT2D eigenvalue weighted by atomic mass is 10.2. The highest BCUT2D eigenvalue weighted by Gasteiger charge is 2.30. The fraction of sp³-hybridized carbons (Fsp3) is 0.333. The van der Waals surface area contributed by atoms with Gasteiger partial charge in [0.2, 0.25) is 5.91 Å². The number of rotatable bonds is 2. The quantitative estimate of drug-likeness (QED) is 0.861. The first-order chi connectivity index (χ1) is 8.47. The summed E-state index contributed by atoms with van der Waals surface area (Å²) in [5, 5.41) is 2.76. The maximum absolute atomic E-state index is 12.0. The van der Waals surface area contributed by atoms with Gasteiger partial charge in [0.1, 0.15) is 6.04 Å². The second-order valence-electron chi connectivity index (χ2n) is 4.23. The van der Waals surface area contributed by atoms with Gasteiger partial charge in [-0.05, 0) is 24.6 Å². The lowest BCUT2D eigenvalue weighted by Gasteiger charge is -2.12. The van der Waals surface area contributed by atoms with Crippen LogP contribution in [0.15, 0.2) is 27.1 Å². The van der Waals surface area contributed by atoms with Crippen LogP contribution in [0.1, 0.15) is 16.8 Å². The van der Waals surface area contributed by atoms with Crippen molar-refractivity contribution in [2.75, 3.05) is 13.6 Å². The topological polar surface area (TPSA) is 49.4 Å². The van der Waals surface area contributed by atoms with E-state index in [-0.39, 0.29) is 11.8 Å². The van der Waals surface area contributed by atoms with E-state index in [1.54, 1.807) is 24.1 Å². The zero-order valence-corrected chi connectivity index (χ0v) is 12.9. The summed E-state index contributed by atoms with van der Waals surface area (Å²) in [6.45, 7) is 0.686. The Bertz CT molecular complexity index is 485. The fourth-order valence-electron chi connectivity index (χ4n) is 1.88. The van der Waals surface area contributed by atoms with Gasteiger partial charge in [0.25, 0.3) is 5.91 Å². The van der Waals surface area contributed by atoms with Crippen LogP contribution in [0.2, 0.25) is 0 Å². The molecule has 0 radical (unpaired) electrons. The Labute approximate surface area is 122 Å². The van der Waals surface area contributed by atoms with Crippen molar-refractivity contribution >= 4 is 43.7 Å². The molecule has 4 nitrogen and oxygen atoms in total. The van der Waals surface area contributed by atoms with Gasteiger partial charge in [0.15, 0.2) is 0 Å². The Morgan fingerprint density at radius 3 is 2.44 bits per heavy atom. The smallest absolute Gasteiger partial charge is 0.252 e. The maximum atomic E-state index is 12.0. The van der Waals surface area contributed by atoms with Crippen molar-refractivity contribution in [2.45, 2.75) is 12.5 Å². The van der Waals surface area contributed by atoms with Crippen LogP contribution in [0.5, 0.6) is 0 Å². The highest BCUT2D eigenvalue weighted by atomic mass is 79.9. The number of carbonyl (C=O) groups excluding carboxylic acids is 2. The SMILES string of the molecule is CN1CCC(NC(=O)c2cc(Br)cc(Br)c2)C1=O. The molecule has 0 spiro atoms. The van der Waals surface area contributed by atoms with Gasteiger partial charge in [0.05, 0.1) is 0 Å². The van der Waals surface area contributed by atoms with E-state index in [0.717, 1.165) is 8.95 Å². The molecule has 1 aliphatic rings. The van der Waals surface area contributed by atoms with Crippen molar-refractivity contribution in [3.63, 3.8) is 0 Å². The van der Waals surface area contributed by atoms with Crippen molar-refractivity contribution in [3.05, 3.63) is 32.7 Å². The number of hydrogen-bond acceptors (Lipinski definition) is 2. The molecule has 1 N–H and O–H groups in total. The molecule has 18 heavy (non-hydrogen) atoms. The van der Waals surface area contributed by atoms with Gasteiger partial charge in [-0.2, -0.15) is 0 Å². The molecular weight excluding hydrogens is 364 g/mol. The third-order valence-corrected chi connectivity index (χ3v) is 3.77. The monoisotopic (exact) mass is 374 g/mol. The minimum atomic E-state index is -0.403. The van der Waals surface area contributed by atoms with Crippen molar-refractivity contribution < 1.29 is 9.59 Å². The van der Waals surface area contributed by atoms with E-state index in [1.807, 2.05) is 6.07 Å². The second-order valence-corrected chi connectivity index (χ2v) is 6.06. The summed E-state index contributed by atoms with van der Waals surface area (Å²) in [6.07, 6.45) is 0.663. The van der Waals surface area contributed by atoms with E-state index in [9.17, 15) is 9.59 Å². The summed E-state index contributed by atoms with van der Waals surface area (Å²) in [7, 11) is 1.74. The lowest BCUT2D eigenvalue weighted by Crippen LogP contribution is -2.40. The van der Waals surface area contributed by atoms with Crippen molar-refractivity contribution in [2.24, 2.45) is 0 Å². The molecule has 2 amide bonds. The summed E-state index contributed by atoms with van der Waals surface area (Å²) in [4.78, 5) is 25.4. The molecule has 1 saturated heterocycles. The van der Waals surface area contributed by atoms with Crippen LogP contribution in [0.3, 0.4) is 0 Å². The highest BCUT2D eigenvalue weighted by Crippen LogP contribution is 2.20. The molecule has 0 aromatic heterocycles. The van der Waals surface area contributed by atoms with Crippen molar-refractivity contribution in [1.82, 2.24) is 10.2 Å². The molecule has 1 atom stereocenters. The highest BCUT2D eigenvalue weighted by molar-refractivity contribution is 9.11. The Hall–Kier alpha value is -0.880. The maximum Gasteiger partial charge on any atom is 0.252 e. The predicted molar refractivity (Wildman–Crippen MR) is 75.4 cm³/mol. The lowest BCUT2D eigenvalue weighted by molar-refractivity contribution is -0.128. The Balaban J connectivity index is 2.10. The van der Waals surface area contributed by atoms with Gasteiger partial charge in [-0.1, -0.05) is 31.9 Å². The van der Waals surface area contributed by atoms with Crippen LogP contribution in [0, 0.1) is 0 Å². The largest absolute Gasteiger partial charge is 0.344 e. The fourth-order valence-corrected chi connectivity index (χ4v) is 3.18. The summed E-state index contributed by atoms with van der Waals surface area (Å²) in [5.74, 6) is -0.261. The molecule has 1 fully saturated rings. The number of nitrogens with zero attached hydrogens (tertiary/aromatic N) is 1. The first-order valence-electron chi connectivity index (χ1n) is 5.49. The number of halogens is 2. The third kappa shape index (κ3) is 2.92. The van der Waals surface area contributed by atoms with E-state index in [4.69, 9.17) is 0 Å². The van der Waals surface area contributed by atoms with Crippen molar-refractivity contribution in [3.8, 4) is 0 Å². The number of benzene rings is 1. The molecule has 1 aromatic carbocycles. The van der Waals surface area contributed by atoms with Crippen LogP contribution in [-0.2, 0) is 4.79 Å². The van der Waals surface area contributed by atoms with E-state index in [2.05, 4.69) is 37.2 Å². The molecule has 1 aromatic rings. The van der Waals surface area contributed by atoms with E-state index < -0.39 is 6.04 Å². The number of likely N-dealkylation sites (N-methyl/N-ethyl adjacent to an activating group) is 1. The molecule has 1 unspecified atom stereocenters. The van der Waals surface area contributed by atoms with Gasteiger partial charge in [-0.15, -0.1) is 0 Å². The number of amides is 2. The zero-order chi connectivity index (χ0) is 13.3. The number of nitrogens with one attached hydrogen (secondary N) is 1. The predicted octanol–water partition coefficient (Wildman–Crippen LogP) is 2.17. The summed E-state index contributed by atoms with van der Waals surface area (Å²) in [5.41, 5.74) is 0.526. The van der Waals surface area contributed by atoms with Crippen LogP contribution in [0.25, 0.3) is 0 Å². The minimum absolute atomic E-state index is 0.0302. The first-order valence-corrected chi connectivity index (χ1v) is 7.08. The Morgan fingerprint density at radius 2 is 1.94 bits per heavy atom. The summed E-state index contributed by atoms with van der Waals surface area (Å²) < 4.78 is 1.63. The Morgan fingerprint density at radius 1 is 1.33 bits per heavy atom. The molecule has 1 aliphatic heterocycles.